The fourth-order valence-electron chi connectivity index (χ4n) is 1.52. The van der Waals surface area contributed by atoms with E-state index in [1.54, 1.807) is 18.2 Å². The standard InChI is InChI=1S/C13H6BrCl4NO/c14-9-3-6(15)1-2-8(9)13(20)19-12-10(17)4-7(16)5-11(12)18/h1-5H,(H,19,20). The van der Waals surface area contributed by atoms with Crippen LogP contribution in [0.4, 0.5) is 5.69 Å². The number of hydrogen-bond donors (Lipinski definition) is 1. The fraction of sp³-hybridized carbons (Fsp3) is 0. The first kappa shape index (κ1) is 15.9. The number of anilines is 1. The Balaban J connectivity index is 2.33. The van der Waals surface area contributed by atoms with Crippen LogP contribution in [-0.2, 0) is 0 Å². The van der Waals surface area contributed by atoms with E-state index in [-0.39, 0.29) is 16.0 Å². The van der Waals surface area contributed by atoms with Crippen LogP contribution in [-0.4, -0.2) is 5.91 Å². The molecule has 0 heterocycles. The van der Waals surface area contributed by atoms with Crippen LogP contribution in [0.25, 0.3) is 0 Å². The van der Waals surface area contributed by atoms with Crippen LogP contribution in [0.2, 0.25) is 20.1 Å². The van der Waals surface area contributed by atoms with Crippen LogP contribution in [0.1, 0.15) is 10.4 Å². The first-order valence-electron chi connectivity index (χ1n) is 5.29. The van der Waals surface area contributed by atoms with Crippen molar-refractivity contribution in [3.05, 3.63) is 60.5 Å². The van der Waals surface area contributed by atoms with E-state index in [0.29, 0.717) is 25.8 Å². The van der Waals surface area contributed by atoms with E-state index in [9.17, 15) is 4.79 Å². The Bertz CT molecular complexity index is 667. The second kappa shape index (κ2) is 6.54. The molecule has 2 aromatic carbocycles. The van der Waals surface area contributed by atoms with Crippen molar-refractivity contribution in [2.24, 2.45) is 0 Å². The van der Waals surface area contributed by atoms with Crippen LogP contribution in [0, 0.1) is 0 Å². The summed E-state index contributed by atoms with van der Waals surface area (Å²) in [6, 6.07) is 7.84. The molecule has 0 spiro atoms. The minimum atomic E-state index is -0.361. The van der Waals surface area contributed by atoms with E-state index in [2.05, 4.69) is 21.2 Å². The summed E-state index contributed by atoms with van der Waals surface area (Å²) in [7, 11) is 0. The monoisotopic (exact) mass is 411 g/mol. The van der Waals surface area contributed by atoms with Gasteiger partial charge < -0.3 is 5.32 Å². The van der Waals surface area contributed by atoms with Crippen molar-refractivity contribution in [1.29, 1.82) is 0 Å². The van der Waals surface area contributed by atoms with Gasteiger partial charge in [-0.25, -0.2) is 0 Å². The zero-order valence-corrected chi connectivity index (χ0v) is 14.3. The smallest absolute Gasteiger partial charge is 0.256 e. The van der Waals surface area contributed by atoms with Crippen LogP contribution >= 0.6 is 62.3 Å². The highest BCUT2D eigenvalue weighted by atomic mass is 79.9. The molecule has 0 unspecified atom stereocenters. The van der Waals surface area contributed by atoms with Crippen molar-refractivity contribution in [3.63, 3.8) is 0 Å². The van der Waals surface area contributed by atoms with Crippen LogP contribution in [0.3, 0.4) is 0 Å². The number of rotatable bonds is 2. The van der Waals surface area contributed by atoms with Gasteiger partial charge in [0, 0.05) is 14.5 Å². The summed E-state index contributed by atoms with van der Waals surface area (Å²) in [5, 5.41) is 4.10. The fourth-order valence-corrected chi connectivity index (χ4v) is 3.29. The Kier molecular flexibility index (Phi) is 5.21. The van der Waals surface area contributed by atoms with E-state index in [1.165, 1.54) is 12.1 Å². The summed E-state index contributed by atoms with van der Waals surface area (Å²) in [4.78, 5) is 12.2. The summed E-state index contributed by atoms with van der Waals surface area (Å²) >= 11 is 27.0. The van der Waals surface area contributed by atoms with Crippen LogP contribution in [0.15, 0.2) is 34.8 Å². The molecule has 0 saturated carbocycles. The van der Waals surface area contributed by atoms with Gasteiger partial charge in [-0.1, -0.05) is 46.4 Å². The molecular weight excluding hydrogens is 408 g/mol. The molecule has 1 N–H and O–H groups in total. The predicted molar refractivity (Wildman–Crippen MR) is 88.6 cm³/mol. The summed E-state index contributed by atoms with van der Waals surface area (Å²) in [5.74, 6) is -0.361. The predicted octanol–water partition coefficient (Wildman–Crippen LogP) is 6.32. The maximum absolute atomic E-state index is 12.2. The highest BCUT2D eigenvalue weighted by Gasteiger charge is 2.15. The van der Waals surface area contributed by atoms with Gasteiger partial charge in [-0.05, 0) is 46.3 Å². The van der Waals surface area contributed by atoms with Crippen molar-refractivity contribution in [1.82, 2.24) is 0 Å². The summed E-state index contributed by atoms with van der Waals surface area (Å²) < 4.78 is 0.573. The molecule has 1 amide bonds. The quantitative estimate of drug-likeness (QED) is 0.613. The van der Waals surface area contributed by atoms with Gasteiger partial charge in [0.2, 0.25) is 0 Å². The second-order valence-corrected chi connectivity index (χ2v) is 6.36. The average Bonchev–Trinajstić information content (AvgIpc) is 2.33. The molecule has 0 saturated heterocycles. The van der Waals surface area contributed by atoms with Gasteiger partial charge in [0.15, 0.2) is 0 Å². The lowest BCUT2D eigenvalue weighted by Gasteiger charge is -2.11. The molecule has 2 aromatic rings. The molecule has 0 fully saturated rings. The van der Waals surface area contributed by atoms with Crippen molar-refractivity contribution < 1.29 is 4.79 Å². The molecule has 2 nitrogen and oxygen atoms in total. The third-order valence-electron chi connectivity index (χ3n) is 2.42. The van der Waals surface area contributed by atoms with Gasteiger partial charge in [-0.3, -0.25) is 4.79 Å². The van der Waals surface area contributed by atoms with Crippen molar-refractivity contribution in [2.45, 2.75) is 0 Å². The van der Waals surface area contributed by atoms with Gasteiger partial charge >= 0.3 is 0 Å². The lowest BCUT2D eigenvalue weighted by atomic mass is 10.2. The number of benzene rings is 2. The zero-order valence-electron chi connectivity index (χ0n) is 9.68. The Hall–Kier alpha value is -0.450. The van der Waals surface area contributed by atoms with Crippen molar-refractivity contribution in [3.8, 4) is 0 Å². The van der Waals surface area contributed by atoms with Crippen LogP contribution in [0.5, 0.6) is 0 Å². The van der Waals surface area contributed by atoms with Crippen molar-refractivity contribution >= 4 is 73.9 Å². The molecule has 0 aliphatic rings. The molecule has 0 aromatic heterocycles. The minimum Gasteiger partial charge on any atom is -0.319 e. The normalized spacial score (nSPS) is 10.4. The number of carbonyl (C=O) groups excluding carboxylic acids is 1. The number of amides is 1. The Morgan fingerprint density at radius 1 is 0.950 bits per heavy atom. The molecule has 0 bridgehead atoms. The van der Waals surface area contributed by atoms with Gasteiger partial charge in [0.1, 0.15) is 0 Å². The molecule has 7 heteroatoms. The first-order chi connectivity index (χ1) is 9.38. The molecule has 104 valence electrons. The maximum atomic E-state index is 12.2. The van der Waals surface area contributed by atoms with E-state index in [1.807, 2.05) is 0 Å². The number of hydrogen-bond acceptors (Lipinski definition) is 1. The third-order valence-corrected chi connectivity index (χ3v) is 4.13. The Morgan fingerprint density at radius 2 is 1.55 bits per heavy atom. The molecule has 0 atom stereocenters. The number of halogens is 5. The van der Waals surface area contributed by atoms with Crippen LogP contribution < -0.4 is 5.32 Å². The first-order valence-corrected chi connectivity index (χ1v) is 7.60. The lowest BCUT2D eigenvalue weighted by Crippen LogP contribution is -2.13. The average molecular weight is 414 g/mol. The van der Waals surface area contributed by atoms with E-state index in [0.717, 1.165) is 0 Å². The summed E-state index contributed by atoms with van der Waals surface area (Å²) in [6.45, 7) is 0. The topological polar surface area (TPSA) is 29.1 Å². The minimum absolute atomic E-state index is 0.265. The molecular formula is C13H6BrCl4NO. The van der Waals surface area contributed by atoms with E-state index >= 15 is 0 Å². The Labute approximate surface area is 144 Å². The van der Waals surface area contributed by atoms with Gasteiger partial charge in [0.05, 0.1) is 21.3 Å². The third kappa shape index (κ3) is 3.60. The maximum Gasteiger partial charge on any atom is 0.256 e. The number of carbonyl (C=O) groups is 1. The molecule has 2 rings (SSSR count). The Morgan fingerprint density at radius 3 is 2.10 bits per heavy atom. The largest absolute Gasteiger partial charge is 0.319 e. The SMILES string of the molecule is O=C(Nc1c(Cl)cc(Cl)cc1Cl)c1ccc(Cl)cc1Br. The van der Waals surface area contributed by atoms with Gasteiger partial charge in [0.25, 0.3) is 5.91 Å². The molecule has 0 radical (unpaired) electrons. The molecule has 0 aliphatic carbocycles. The molecule has 20 heavy (non-hydrogen) atoms. The van der Waals surface area contributed by atoms with Crippen molar-refractivity contribution in [2.75, 3.05) is 5.32 Å². The molecule has 0 aliphatic heterocycles. The highest BCUT2D eigenvalue weighted by Crippen LogP contribution is 2.34. The highest BCUT2D eigenvalue weighted by molar-refractivity contribution is 9.10. The van der Waals surface area contributed by atoms with Gasteiger partial charge in [-0.2, -0.15) is 0 Å². The lowest BCUT2D eigenvalue weighted by molar-refractivity contribution is 0.102. The van der Waals surface area contributed by atoms with E-state index in [4.69, 9.17) is 46.4 Å². The summed E-state index contributed by atoms with van der Waals surface area (Å²) in [6.07, 6.45) is 0. The van der Waals surface area contributed by atoms with E-state index < -0.39 is 0 Å². The zero-order chi connectivity index (χ0) is 14.9. The summed E-state index contributed by atoms with van der Waals surface area (Å²) in [5.41, 5.74) is 0.723. The number of nitrogens with one attached hydrogen (secondary N) is 1. The second-order valence-electron chi connectivity index (χ2n) is 3.82. The van der Waals surface area contributed by atoms with Gasteiger partial charge in [-0.15, -0.1) is 0 Å².